The van der Waals surface area contributed by atoms with Crippen LogP contribution >= 0.6 is 11.6 Å². The van der Waals surface area contributed by atoms with Crippen molar-refractivity contribution in [1.82, 2.24) is 10.2 Å². The van der Waals surface area contributed by atoms with Crippen LogP contribution in [0.3, 0.4) is 0 Å². The molecule has 0 saturated carbocycles. The van der Waals surface area contributed by atoms with E-state index in [2.05, 4.69) is 5.32 Å². The van der Waals surface area contributed by atoms with Gasteiger partial charge in [-0.25, -0.2) is 0 Å². The molecule has 0 bridgehead atoms. The molecule has 0 aliphatic carbocycles. The maximum atomic E-state index is 13.1. The Morgan fingerprint density at radius 1 is 1.30 bits per heavy atom. The fourth-order valence-corrected chi connectivity index (χ4v) is 2.81. The van der Waals surface area contributed by atoms with Crippen LogP contribution in [-0.4, -0.2) is 42.8 Å². The molecule has 0 spiro atoms. The van der Waals surface area contributed by atoms with Gasteiger partial charge < -0.3 is 10.4 Å². The third-order valence-electron chi connectivity index (χ3n) is 3.46. The first-order chi connectivity index (χ1) is 9.45. The van der Waals surface area contributed by atoms with Crippen LogP contribution in [0.15, 0.2) is 18.2 Å². The molecule has 0 radical (unpaired) electrons. The number of aliphatic hydroxyl groups is 1. The lowest BCUT2D eigenvalue weighted by molar-refractivity contribution is -0.139. The van der Waals surface area contributed by atoms with Gasteiger partial charge in [-0.05, 0) is 12.1 Å². The zero-order valence-corrected chi connectivity index (χ0v) is 11.5. The van der Waals surface area contributed by atoms with Gasteiger partial charge >= 0.3 is 6.18 Å². The zero-order chi connectivity index (χ0) is 14.8. The van der Waals surface area contributed by atoms with Gasteiger partial charge in [0.05, 0.1) is 18.2 Å². The minimum Gasteiger partial charge on any atom is -0.394 e. The summed E-state index contributed by atoms with van der Waals surface area (Å²) in [6.07, 6.45) is -4.48. The number of piperazine rings is 1. The predicted molar refractivity (Wildman–Crippen MR) is 70.7 cm³/mol. The molecule has 1 heterocycles. The van der Waals surface area contributed by atoms with Gasteiger partial charge in [0.2, 0.25) is 0 Å². The van der Waals surface area contributed by atoms with Gasteiger partial charge in [0.25, 0.3) is 0 Å². The number of aliphatic hydroxyl groups excluding tert-OH is 1. The van der Waals surface area contributed by atoms with E-state index >= 15 is 0 Å². The van der Waals surface area contributed by atoms with Crippen LogP contribution in [0.4, 0.5) is 13.2 Å². The largest absolute Gasteiger partial charge is 0.416 e. The molecular weight excluding hydrogens is 293 g/mol. The smallest absolute Gasteiger partial charge is 0.394 e. The SMILES string of the molecule is OC[C@H](c1c(Cl)cccc1C(F)(F)F)N1CCNCC1. The minimum atomic E-state index is -4.48. The molecule has 0 aromatic heterocycles. The number of nitrogens with one attached hydrogen (secondary N) is 1. The Balaban J connectivity index is 2.42. The quantitative estimate of drug-likeness (QED) is 0.899. The van der Waals surface area contributed by atoms with Crippen LogP contribution in [0, 0.1) is 0 Å². The molecule has 2 N–H and O–H groups in total. The van der Waals surface area contributed by atoms with Gasteiger partial charge in [-0.1, -0.05) is 17.7 Å². The Kier molecular flexibility index (Phi) is 4.90. The molecule has 1 saturated heterocycles. The molecule has 0 amide bonds. The number of alkyl halides is 3. The molecule has 1 aliphatic heterocycles. The summed E-state index contributed by atoms with van der Waals surface area (Å²) < 4.78 is 39.4. The second-order valence-electron chi connectivity index (χ2n) is 4.68. The maximum absolute atomic E-state index is 13.1. The van der Waals surface area contributed by atoms with E-state index in [1.54, 1.807) is 0 Å². The molecule has 7 heteroatoms. The van der Waals surface area contributed by atoms with Gasteiger partial charge in [-0.15, -0.1) is 0 Å². The highest BCUT2D eigenvalue weighted by Crippen LogP contribution is 2.39. The first kappa shape index (κ1) is 15.6. The summed E-state index contributed by atoms with van der Waals surface area (Å²) in [6.45, 7) is 2.12. The van der Waals surface area contributed by atoms with Crippen molar-refractivity contribution in [3.8, 4) is 0 Å². The third kappa shape index (κ3) is 3.25. The molecule has 1 aromatic carbocycles. The highest BCUT2D eigenvalue weighted by atomic mass is 35.5. The fourth-order valence-electron chi connectivity index (χ4n) is 2.51. The number of benzene rings is 1. The van der Waals surface area contributed by atoms with Gasteiger partial charge in [0.1, 0.15) is 0 Å². The predicted octanol–water partition coefficient (Wildman–Crippen LogP) is 2.30. The second kappa shape index (κ2) is 6.30. The van der Waals surface area contributed by atoms with Gasteiger partial charge in [0.15, 0.2) is 0 Å². The highest BCUT2D eigenvalue weighted by Gasteiger charge is 2.37. The Bertz CT molecular complexity index is 461. The van der Waals surface area contributed by atoms with Crippen molar-refractivity contribution in [3.63, 3.8) is 0 Å². The molecule has 1 aromatic rings. The van der Waals surface area contributed by atoms with E-state index in [1.165, 1.54) is 12.1 Å². The van der Waals surface area contributed by atoms with Crippen LogP contribution in [0.1, 0.15) is 17.2 Å². The minimum absolute atomic E-state index is 0.0360. The average molecular weight is 309 g/mol. The van der Waals surface area contributed by atoms with E-state index < -0.39 is 24.4 Å². The first-order valence-corrected chi connectivity index (χ1v) is 6.74. The molecular formula is C13H16ClF3N2O. The summed E-state index contributed by atoms with van der Waals surface area (Å²) in [4.78, 5) is 1.83. The molecule has 20 heavy (non-hydrogen) atoms. The number of rotatable bonds is 3. The fraction of sp³-hybridized carbons (Fsp3) is 0.538. The van der Waals surface area contributed by atoms with Crippen LogP contribution in [0.2, 0.25) is 5.02 Å². The average Bonchev–Trinajstić information content (AvgIpc) is 2.41. The summed E-state index contributed by atoms with van der Waals surface area (Å²) in [5, 5.41) is 12.7. The zero-order valence-electron chi connectivity index (χ0n) is 10.8. The van der Waals surface area contributed by atoms with Crippen molar-refractivity contribution in [2.75, 3.05) is 32.8 Å². The summed E-state index contributed by atoms with van der Waals surface area (Å²) in [7, 11) is 0. The first-order valence-electron chi connectivity index (χ1n) is 6.36. The van der Waals surface area contributed by atoms with Crippen molar-refractivity contribution in [2.45, 2.75) is 12.2 Å². The number of nitrogens with zero attached hydrogens (tertiary/aromatic N) is 1. The molecule has 112 valence electrons. The lowest BCUT2D eigenvalue weighted by Crippen LogP contribution is -2.46. The van der Waals surface area contributed by atoms with Crippen molar-refractivity contribution >= 4 is 11.6 Å². The Morgan fingerprint density at radius 2 is 1.95 bits per heavy atom. The Hall–Kier alpha value is -0.820. The third-order valence-corrected chi connectivity index (χ3v) is 3.79. The summed E-state index contributed by atoms with van der Waals surface area (Å²) in [5.41, 5.74) is -0.811. The second-order valence-corrected chi connectivity index (χ2v) is 5.09. The lowest BCUT2D eigenvalue weighted by atomic mass is 9.98. The Labute approximate surface area is 120 Å². The van der Waals surface area contributed by atoms with Crippen molar-refractivity contribution in [2.24, 2.45) is 0 Å². The molecule has 1 atom stereocenters. The normalized spacial score (nSPS) is 19.1. The number of halogens is 4. The molecule has 1 fully saturated rings. The number of hydrogen-bond donors (Lipinski definition) is 2. The van der Waals surface area contributed by atoms with Gasteiger partial charge in [-0.2, -0.15) is 13.2 Å². The van der Waals surface area contributed by atoms with E-state index in [1.807, 2.05) is 4.90 Å². The highest BCUT2D eigenvalue weighted by molar-refractivity contribution is 6.31. The standard InChI is InChI=1S/C13H16ClF3N2O/c14-10-3-1-2-9(13(15,16)17)12(10)11(8-20)19-6-4-18-5-7-19/h1-3,11,18,20H,4-8H2/t11-/m1/s1. The maximum Gasteiger partial charge on any atom is 0.416 e. The molecule has 0 unspecified atom stereocenters. The van der Waals surface area contributed by atoms with E-state index in [4.69, 9.17) is 11.6 Å². The lowest BCUT2D eigenvalue weighted by Gasteiger charge is -2.35. The summed E-state index contributed by atoms with van der Waals surface area (Å²) in [6, 6.07) is 2.98. The van der Waals surface area contributed by atoms with Crippen LogP contribution in [0.25, 0.3) is 0 Å². The van der Waals surface area contributed by atoms with Gasteiger partial charge in [0, 0.05) is 36.8 Å². The van der Waals surface area contributed by atoms with Crippen LogP contribution in [0.5, 0.6) is 0 Å². The molecule has 2 rings (SSSR count). The van der Waals surface area contributed by atoms with Crippen molar-refractivity contribution in [1.29, 1.82) is 0 Å². The van der Waals surface area contributed by atoms with E-state index in [-0.39, 0.29) is 10.6 Å². The van der Waals surface area contributed by atoms with Crippen molar-refractivity contribution in [3.05, 3.63) is 34.3 Å². The van der Waals surface area contributed by atoms with E-state index in [0.717, 1.165) is 6.07 Å². The van der Waals surface area contributed by atoms with E-state index in [9.17, 15) is 18.3 Å². The summed E-state index contributed by atoms with van der Waals surface area (Å²) in [5.74, 6) is 0. The van der Waals surface area contributed by atoms with Crippen LogP contribution < -0.4 is 5.32 Å². The Morgan fingerprint density at radius 3 is 2.50 bits per heavy atom. The van der Waals surface area contributed by atoms with Crippen LogP contribution in [-0.2, 0) is 6.18 Å². The monoisotopic (exact) mass is 308 g/mol. The van der Waals surface area contributed by atoms with E-state index in [0.29, 0.717) is 26.2 Å². The topological polar surface area (TPSA) is 35.5 Å². The van der Waals surface area contributed by atoms with Crippen molar-refractivity contribution < 1.29 is 18.3 Å². The molecule has 1 aliphatic rings. The number of hydrogen-bond acceptors (Lipinski definition) is 3. The van der Waals surface area contributed by atoms with Gasteiger partial charge in [-0.3, -0.25) is 4.90 Å². The molecule has 3 nitrogen and oxygen atoms in total. The summed E-state index contributed by atoms with van der Waals surface area (Å²) >= 11 is 5.97.